The lowest BCUT2D eigenvalue weighted by molar-refractivity contribution is 0.182. The Balaban J connectivity index is 2.83. The minimum atomic E-state index is -0.792. The third-order valence-corrected chi connectivity index (χ3v) is 1.82. The number of anilines is 1. The van der Waals surface area contributed by atoms with Crippen LogP contribution in [-0.2, 0) is 9.53 Å². The number of imide groups is 1. The van der Waals surface area contributed by atoms with Crippen LogP contribution in [0.1, 0.15) is 0 Å². The van der Waals surface area contributed by atoms with Crippen molar-refractivity contribution in [2.75, 3.05) is 12.0 Å². The Labute approximate surface area is 72.6 Å². The molecule has 0 atom stereocenters. The van der Waals surface area contributed by atoms with E-state index in [1.54, 1.807) is 5.38 Å². The van der Waals surface area contributed by atoms with Crippen LogP contribution < -0.4 is 4.90 Å². The van der Waals surface area contributed by atoms with Crippen molar-refractivity contribution in [1.82, 2.24) is 4.98 Å². The number of nitrogens with zero attached hydrogens (tertiary/aromatic N) is 2. The van der Waals surface area contributed by atoms with Gasteiger partial charge in [-0.05, 0) is 0 Å². The number of carbonyl (C=O) groups excluding carboxylic acids is 2. The number of carbonyl (C=O) groups is 1. The van der Waals surface area contributed by atoms with Crippen LogP contribution in [0.3, 0.4) is 0 Å². The molecule has 0 aliphatic carbocycles. The Morgan fingerprint density at radius 2 is 2.58 bits per heavy atom. The third-order valence-electron chi connectivity index (χ3n) is 1.06. The molecule has 1 rings (SSSR count). The van der Waals surface area contributed by atoms with Crippen LogP contribution in [0.2, 0.25) is 0 Å². The molecule has 6 heteroatoms. The Morgan fingerprint density at radius 3 is 3.00 bits per heavy atom. The van der Waals surface area contributed by atoms with Crippen molar-refractivity contribution < 1.29 is 14.3 Å². The number of thiazole rings is 1. The van der Waals surface area contributed by atoms with E-state index in [1.807, 2.05) is 0 Å². The molecule has 0 saturated heterocycles. The number of amides is 2. The van der Waals surface area contributed by atoms with Crippen molar-refractivity contribution in [2.24, 2.45) is 0 Å². The summed E-state index contributed by atoms with van der Waals surface area (Å²) in [5, 5.41) is 1.89. The van der Waals surface area contributed by atoms with E-state index in [-0.39, 0.29) is 5.13 Å². The highest BCUT2D eigenvalue weighted by molar-refractivity contribution is 7.14. The maximum atomic E-state index is 10.8. The summed E-state index contributed by atoms with van der Waals surface area (Å²) < 4.78 is 4.32. The highest BCUT2D eigenvalue weighted by atomic mass is 32.1. The van der Waals surface area contributed by atoms with Crippen LogP contribution in [0, 0.1) is 0 Å². The number of ether oxygens (including phenoxy) is 1. The summed E-state index contributed by atoms with van der Waals surface area (Å²) in [5.74, 6) is 0. The summed E-state index contributed by atoms with van der Waals surface area (Å²) in [5.41, 5.74) is 0. The maximum absolute atomic E-state index is 10.8. The van der Waals surface area contributed by atoms with E-state index in [0.29, 0.717) is 4.90 Å². The van der Waals surface area contributed by atoms with Gasteiger partial charge in [-0.15, -0.1) is 11.3 Å². The zero-order valence-corrected chi connectivity index (χ0v) is 7.00. The standard InChI is InChI=1S/C6H5N2O3S/c1-11-6(10)8(4-9)5-7-2-3-12-5/h2-3H,1H3. The van der Waals surface area contributed by atoms with Crippen molar-refractivity contribution in [3.05, 3.63) is 11.6 Å². The molecule has 1 aromatic heterocycles. The van der Waals surface area contributed by atoms with E-state index in [2.05, 4.69) is 9.72 Å². The first-order valence-electron chi connectivity index (χ1n) is 2.95. The van der Waals surface area contributed by atoms with Crippen LogP contribution in [0.15, 0.2) is 11.6 Å². The number of hydrogen-bond acceptors (Lipinski definition) is 5. The fourth-order valence-electron chi connectivity index (χ4n) is 0.572. The molecule has 0 saturated carbocycles. The van der Waals surface area contributed by atoms with E-state index >= 15 is 0 Å². The van der Waals surface area contributed by atoms with Gasteiger partial charge in [0.05, 0.1) is 7.11 Å². The van der Waals surface area contributed by atoms with Crippen molar-refractivity contribution in [1.29, 1.82) is 0 Å². The van der Waals surface area contributed by atoms with Gasteiger partial charge in [-0.3, -0.25) is 4.79 Å². The zero-order chi connectivity index (χ0) is 8.97. The van der Waals surface area contributed by atoms with Crippen molar-refractivity contribution >= 4 is 29.0 Å². The lowest BCUT2D eigenvalue weighted by atomic mass is 10.8. The molecule has 1 heterocycles. The Morgan fingerprint density at radius 1 is 1.83 bits per heavy atom. The van der Waals surface area contributed by atoms with Crippen LogP contribution >= 0.6 is 11.3 Å². The Hall–Kier alpha value is -1.43. The summed E-state index contributed by atoms with van der Waals surface area (Å²) in [6, 6.07) is 0. The molecule has 0 spiro atoms. The molecule has 1 aromatic rings. The first-order valence-corrected chi connectivity index (χ1v) is 3.83. The van der Waals surface area contributed by atoms with Crippen molar-refractivity contribution in [3.8, 4) is 0 Å². The second-order valence-corrected chi connectivity index (χ2v) is 2.58. The van der Waals surface area contributed by atoms with Gasteiger partial charge in [-0.1, -0.05) is 0 Å². The zero-order valence-electron chi connectivity index (χ0n) is 6.18. The van der Waals surface area contributed by atoms with Gasteiger partial charge in [-0.25, -0.2) is 9.78 Å². The lowest BCUT2D eigenvalue weighted by Gasteiger charge is -2.07. The molecular weight excluding hydrogens is 180 g/mol. The van der Waals surface area contributed by atoms with E-state index in [1.165, 1.54) is 19.7 Å². The molecule has 0 aliphatic heterocycles. The van der Waals surface area contributed by atoms with E-state index in [9.17, 15) is 9.59 Å². The highest BCUT2D eigenvalue weighted by Crippen LogP contribution is 2.15. The molecule has 0 aliphatic rings. The van der Waals surface area contributed by atoms with Gasteiger partial charge in [0.25, 0.3) is 0 Å². The van der Waals surface area contributed by atoms with Crippen LogP contribution in [-0.4, -0.2) is 24.6 Å². The Kier molecular flexibility index (Phi) is 2.76. The quantitative estimate of drug-likeness (QED) is 0.639. The van der Waals surface area contributed by atoms with Crippen LogP contribution in [0.5, 0.6) is 0 Å². The topological polar surface area (TPSA) is 59.5 Å². The number of aromatic nitrogens is 1. The van der Waals surface area contributed by atoms with E-state index in [0.717, 1.165) is 11.3 Å². The summed E-state index contributed by atoms with van der Waals surface area (Å²) in [4.78, 5) is 25.5. The van der Waals surface area contributed by atoms with E-state index in [4.69, 9.17) is 0 Å². The number of rotatable bonds is 2. The molecule has 2 amide bonds. The molecular formula is C6H5N2O3S. The SMILES string of the molecule is COC(=O)N([C]=O)c1nccs1. The van der Waals surface area contributed by atoms with Crippen molar-refractivity contribution in [3.63, 3.8) is 0 Å². The molecule has 0 unspecified atom stereocenters. The van der Waals surface area contributed by atoms with E-state index < -0.39 is 6.09 Å². The van der Waals surface area contributed by atoms with Gasteiger partial charge < -0.3 is 4.74 Å². The summed E-state index contributed by atoms with van der Waals surface area (Å²) in [6.45, 7) is 0. The molecule has 1 radical (unpaired) electrons. The first-order chi connectivity index (χ1) is 5.79. The third kappa shape index (κ3) is 1.59. The summed E-state index contributed by atoms with van der Waals surface area (Å²) >= 11 is 1.15. The molecule has 12 heavy (non-hydrogen) atoms. The lowest BCUT2D eigenvalue weighted by Crippen LogP contribution is -2.28. The summed E-state index contributed by atoms with van der Waals surface area (Å²) in [6.07, 6.45) is 2.10. The van der Waals surface area contributed by atoms with Gasteiger partial charge >= 0.3 is 12.5 Å². The van der Waals surface area contributed by atoms with Crippen LogP contribution in [0.4, 0.5) is 9.93 Å². The van der Waals surface area contributed by atoms with Crippen LogP contribution in [0.25, 0.3) is 0 Å². The average Bonchev–Trinajstić information content (AvgIpc) is 2.58. The normalized spacial score (nSPS) is 9.08. The largest absolute Gasteiger partial charge is 0.452 e. The first kappa shape index (κ1) is 8.66. The van der Waals surface area contributed by atoms with Gasteiger partial charge in [0.2, 0.25) is 5.13 Å². The predicted octanol–water partition coefficient (Wildman–Crippen LogP) is 0.783. The minimum absolute atomic E-state index is 0.247. The molecule has 5 nitrogen and oxygen atoms in total. The maximum Gasteiger partial charge on any atom is 0.423 e. The molecule has 63 valence electrons. The summed E-state index contributed by atoms with van der Waals surface area (Å²) in [7, 11) is 1.18. The monoisotopic (exact) mass is 185 g/mol. The van der Waals surface area contributed by atoms with Gasteiger partial charge in [0.1, 0.15) is 0 Å². The van der Waals surface area contributed by atoms with Gasteiger partial charge in [-0.2, -0.15) is 4.90 Å². The minimum Gasteiger partial charge on any atom is -0.452 e. The van der Waals surface area contributed by atoms with Gasteiger partial charge in [0.15, 0.2) is 0 Å². The predicted molar refractivity (Wildman–Crippen MR) is 42.7 cm³/mol. The molecule has 0 fully saturated rings. The molecule has 0 N–H and O–H groups in total. The fourth-order valence-corrected chi connectivity index (χ4v) is 1.15. The molecule has 0 aromatic carbocycles. The fraction of sp³-hybridized carbons (Fsp3) is 0.167. The van der Waals surface area contributed by atoms with Crippen molar-refractivity contribution in [2.45, 2.75) is 0 Å². The number of methoxy groups -OCH3 is 1. The molecule has 0 bridgehead atoms. The van der Waals surface area contributed by atoms with Gasteiger partial charge in [0, 0.05) is 11.6 Å². The second kappa shape index (κ2) is 3.82. The average molecular weight is 185 g/mol. The smallest absolute Gasteiger partial charge is 0.423 e. The highest BCUT2D eigenvalue weighted by Gasteiger charge is 2.18. The number of hydrogen-bond donors (Lipinski definition) is 0. The second-order valence-electron chi connectivity index (χ2n) is 1.71. The Bertz CT molecular complexity index is 272.